The van der Waals surface area contributed by atoms with Crippen LogP contribution in [0.2, 0.25) is 0 Å². The summed E-state index contributed by atoms with van der Waals surface area (Å²) in [7, 11) is 8.49. The number of hydrogen-bond acceptors (Lipinski definition) is 4. The monoisotopic (exact) mass is 1720 g/mol. The lowest BCUT2D eigenvalue weighted by Crippen LogP contribution is -2.32. The normalized spacial score (nSPS) is 12.2. The molecule has 0 radical (unpaired) electrons. The number of pyridine rings is 4. The summed E-state index contributed by atoms with van der Waals surface area (Å²) < 4.78 is 35.5. The Labute approximate surface area is 774 Å². The lowest BCUT2D eigenvalue weighted by Gasteiger charge is -2.22. The van der Waals surface area contributed by atoms with Gasteiger partial charge in [-0.25, -0.2) is 19.5 Å². The summed E-state index contributed by atoms with van der Waals surface area (Å²) in [6.45, 7) is 68.2. The van der Waals surface area contributed by atoms with Crippen LogP contribution in [0.4, 0.5) is 0 Å². The number of fused-ring (bicyclic) bond motifs is 4. The fraction of sp³-hybridized carbons (Fsp3) is 0.385. The molecule has 129 heavy (non-hydrogen) atoms. The maximum atomic E-state index is 8.70. The first-order valence-electron chi connectivity index (χ1n) is 48.2. The van der Waals surface area contributed by atoms with E-state index >= 15 is 0 Å². The van der Waals surface area contributed by atoms with Gasteiger partial charge in [0.25, 0.3) is 0 Å². The van der Waals surface area contributed by atoms with E-state index in [4.69, 9.17) is 22.7 Å². The number of para-hydroxylation sites is 4. The molecule has 0 unspecified atom stereocenters. The Balaban J connectivity index is 0.000000149. The molecule has 670 valence electrons. The lowest BCUT2D eigenvalue weighted by molar-refractivity contribution is -0.659. The van der Waals surface area contributed by atoms with Crippen molar-refractivity contribution in [2.24, 2.45) is 28.2 Å². The zero-order valence-corrected chi connectivity index (χ0v) is 84.4. The standard InChI is InChI=1S/2C30H38N3.C29H36N3.C28H34N3/c1-10-29-31-26-16-27(25-15-20(6)14-21(7)22(25)8)32(9)17-28(26)33(29)30-23(18(2)3)12-11-13-24(30)19(4)5;1-10-28-31-30-27(33(28)29-23(18(2)3)12-11-13-24(29)19(4)5)15-14-26(32(30)9)25-17-20(6)16-21(7)22(25)8;1-17(2)23-11-10-12-24(18(3)4)29(23)32-22(8)30-26-15-27(31(9)16-28(26)32)25-14-19(5)13-20(6)21(25)7;1-17(2)22-10-9-11-23(18(3)4)28(22)31-16-29-25-14-26(30(8)15-27(25)31)24-13-19(5)12-20(6)21(24)7/h2*11-19H,10H2,1-9H3;10-18H,1-9H3;9-18H,1-8H3/q4*+1/i;10D2;;. The second-order valence-corrected chi connectivity index (χ2v) is 39.3. The van der Waals surface area contributed by atoms with Crippen molar-refractivity contribution in [3.63, 3.8) is 0 Å². The number of aromatic nitrogens is 12. The summed E-state index contributed by atoms with van der Waals surface area (Å²) in [5.41, 5.74) is 49.2. The van der Waals surface area contributed by atoms with Crippen LogP contribution in [-0.2, 0) is 41.0 Å². The minimum absolute atomic E-state index is 0.294. The highest BCUT2D eigenvalue weighted by Gasteiger charge is 2.32. The van der Waals surface area contributed by atoms with E-state index in [-0.39, 0.29) is 0 Å². The SMILES string of the molecule is CCc1nc2cc(-c3cc(C)cc(C)c3C)[n+](C)cc2n1-c1c(C(C)C)cccc1C(C)C.Cc1cc(C)c(C)c(-c2cc3nc(C)n(-c4c(C(C)C)cccc4C(C)C)c3c[n+]2C)c1.Cc1cc(C)c(C)c(-c2cc3ncn(-c4c(C(C)C)cccc4C(C)C)c3c[n+]2C)c1.[2H]C([2H])(C)c1nc2c(ccc(-c3cc(C)cc(C)c3C)[n+]2C)n1-c1c(C(C)C)cccc1C(C)C. The molecule has 0 aliphatic carbocycles. The van der Waals surface area contributed by atoms with E-state index in [1.165, 1.54) is 173 Å². The first-order chi connectivity index (χ1) is 61.7. The number of imidazole rings is 4. The number of benzene rings is 8. The Hall–Kier alpha value is -11.8. The van der Waals surface area contributed by atoms with Crippen molar-refractivity contribution in [3.05, 3.63) is 305 Å². The highest BCUT2D eigenvalue weighted by atomic mass is 15.2. The van der Waals surface area contributed by atoms with E-state index in [0.29, 0.717) is 53.2 Å². The molecule has 16 aromatic rings. The second kappa shape index (κ2) is 38.5. The zero-order chi connectivity index (χ0) is 95.6. The Morgan fingerprint density at radius 2 is 0.612 bits per heavy atom. The van der Waals surface area contributed by atoms with E-state index in [0.717, 1.165) is 68.2 Å². The van der Waals surface area contributed by atoms with Crippen molar-refractivity contribution in [1.29, 1.82) is 0 Å². The van der Waals surface area contributed by atoms with Crippen LogP contribution >= 0.6 is 0 Å². The highest BCUT2D eigenvalue weighted by Crippen LogP contribution is 2.42. The summed E-state index contributed by atoms with van der Waals surface area (Å²) in [4.78, 5) is 20.0. The molecule has 0 bridgehead atoms. The Morgan fingerprint density at radius 3 is 0.953 bits per heavy atom. The molecule has 0 N–H and O–H groups in total. The van der Waals surface area contributed by atoms with Gasteiger partial charge in [-0.1, -0.05) is 244 Å². The van der Waals surface area contributed by atoms with Crippen LogP contribution in [0.3, 0.4) is 0 Å². The first kappa shape index (κ1) is 92.0. The summed E-state index contributed by atoms with van der Waals surface area (Å²) in [6, 6.07) is 55.8. The van der Waals surface area contributed by atoms with Crippen molar-refractivity contribution in [2.75, 3.05) is 0 Å². The molecule has 8 aromatic heterocycles. The molecule has 0 fully saturated rings. The smallest absolute Gasteiger partial charge is 0.293 e. The molecule has 12 heteroatoms. The maximum absolute atomic E-state index is 8.70. The van der Waals surface area contributed by atoms with Crippen LogP contribution in [-0.4, -0.2) is 38.2 Å². The molecule has 0 aliphatic rings. The lowest BCUT2D eigenvalue weighted by atomic mass is 9.92. The van der Waals surface area contributed by atoms with Crippen LogP contribution < -0.4 is 18.3 Å². The molecule has 0 saturated heterocycles. The molecular weight excluding hydrogens is 1570 g/mol. The van der Waals surface area contributed by atoms with Gasteiger partial charge in [-0.3, -0.25) is 18.3 Å². The molecule has 0 aliphatic heterocycles. The van der Waals surface area contributed by atoms with Gasteiger partial charge in [0.2, 0.25) is 22.9 Å². The summed E-state index contributed by atoms with van der Waals surface area (Å²) in [6.07, 6.45) is 8.03. The Kier molecular flexibility index (Phi) is 27.4. The molecule has 0 spiro atoms. The van der Waals surface area contributed by atoms with E-state index in [9.17, 15) is 0 Å². The van der Waals surface area contributed by atoms with Gasteiger partial charge < -0.3 is 0 Å². The van der Waals surface area contributed by atoms with Gasteiger partial charge in [-0.2, -0.15) is 13.7 Å². The number of nitrogens with zero attached hydrogens (tertiary/aromatic N) is 12. The molecule has 0 saturated carbocycles. The van der Waals surface area contributed by atoms with Crippen molar-refractivity contribution in [3.8, 4) is 67.8 Å². The van der Waals surface area contributed by atoms with Gasteiger partial charge in [0.05, 0.1) is 29.8 Å². The predicted molar refractivity (Wildman–Crippen MR) is 544 cm³/mol. The van der Waals surface area contributed by atoms with Crippen LogP contribution in [0.25, 0.3) is 112 Å². The van der Waals surface area contributed by atoms with Gasteiger partial charge >= 0.3 is 5.65 Å². The fourth-order valence-electron chi connectivity index (χ4n) is 19.5. The summed E-state index contributed by atoms with van der Waals surface area (Å²) in [5, 5.41) is 0. The molecule has 16 rings (SSSR count). The van der Waals surface area contributed by atoms with Crippen LogP contribution in [0.5, 0.6) is 0 Å². The minimum atomic E-state index is -1.61. The Bertz CT molecular complexity index is 6930. The summed E-state index contributed by atoms with van der Waals surface area (Å²) in [5.74, 6) is 5.81. The molecule has 0 atom stereocenters. The largest absolute Gasteiger partial charge is 0.349 e. The number of rotatable bonds is 18. The number of aryl methyl sites for hydroxylation is 15. The van der Waals surface area contributed by atoms with Gasteiger partial charge in [0.1, 0.15) is 83.4 Å². The highest BCUT2D eigenvalue weighted by molar-refractivity contribution is 5.85. The van der Waals surface area contributed by atoms with Crippen molar-refractivity contribution in [1.82, 2.24) is 38.2 Å². The minimum Gasteiger partial charge on any atom is -0.293 e. The quantitative estimate of drug-likeness (QED) is 0.0801. The number of hydrogen-bond donors (Lipinski definition) is 0. The van der Waals surface area contributed by atoms with Crippen LogP contribution in [0.1, 0.15) is 303 Å². The van der Waals surface area contributed by atoms with Gasteiger partial charge in [0, 0.05) is 56.0 Å². The van der Waals surface area contributed by atoms with Crippen molar-refractivity contribution in [2.45, 2.75) is 275 Å². The third-order valence-corrected chi connectivity index (χ3v) is 27.0. The fourth-order valence-corrected chi connectivity index (χ4v) is 19.5. The molecule has 0 amide bonds. The Morgan fingerprint density at radius 1 is 0.310 bits per heavy atom. The van der Waals surface area contributed by atoms with E-state index in [2.05, 4.69) is 436 Å². The van der Waals surface area contributed by atoms with Crippen molar-refractivity contribution < 1.29 is 21.0 Å². The van der Waals surface area contributed by atoms with E-state index in [1.807, 2.05) is 13.4 Å². The molecule has 8 aromatic carbocycles. The second-order valence-electron chi connectivity index (χ2n) is 39.3. The first-order valence-corrected chi connectivity index (χ1v) is 47.2. The van der Waals surface area contributed by atoms with Crippen LogP contribution in [0, 0.1) is 90.0 Å². The van der Waals surface area contributed by atoms with Crippen LogP contribution in [0.15, 0.2) is 177 Å². The zero-order valence-electron chi connectivity index (χ0n) is 86.4. The maximum Gasteiger partial charge on any atom is 0.349 e. The van der Waals surface area contributed by atoms with Gasteiger partial charge in [0.15, 0.2) is 18.6 Å². The molecule has 8 heterocycles. The third-order valence-electron chi connectivity index (χ3n) is 27.0. The van der Waals surface area contributed by atoms with E-state index in [1.54, 1.807) is 6.92 Å². The van der Waals surface area contributed by atoms with Crippen molar-refractivity contribution >= 4 is 44.3 Å². The van der Waals surface area contributed by atoms with E-state index < -0.39 is 6.37 Å². The third kappa shape index (κ3) is 18.5. The van der Waals surface area contributed by atoms with Gasteiger partial charge in [-0.15, -0.1) is 0 Å². The average molecular weight is 1720 g/mol. The predicted octanol–water partition coefficient (Wildman–Crippen LogP) is 28.2. The molecular formula is C117H146N12+4. The van der Waals surface area contributed by atoms with Gasteiger partial charge in [-0.05, 0) is 268 Å². The molecule has 12 nitrogen and oxygen atoms in total. The average Bonchev–Trinajstić information content (AvgIpc) is 1.52. The summed E-state index contributed by atoms with van der Waals surface area (Å²) >= 11 is 0. The topological polar surface area (TPSA) is 86.8 Å².